The molecule has 0 aromatic heterocycles. The van der Waals surface area contributed by atoms with E-state index in [0.29, 0.717) is 36.1 Å². The lowest BCUT2D eigenvalue weighted by Crippen LogP contribution is -2.53. The van der Waals surface area contributed by atoms with Crippen LogP contribution < -0.4 is 9.97 Å². The number of benzene rings is 1. The summed E-state index contributed by atoms with van der Waals surface area (Å²) >= 11 is 0. The molecule has 1 atom stereocenters. The fourth-order valence-electron chi connectivity index (χ4n) is 4.62. The van der Waals surface area contributed by atoms with Gasteiger partial charge in [-0.1, -0.05) is 18.2 Å². The summed E-state index contributed by atoms with van der Waals surface area (Å²) in [6, 6.07) is 6.10. The van der Waals surface area contributed by atoms with Gasteiger partial charge < -0.3 is 25.0 Å². The highest BCUT2D eigenvalue weighted by molar-refractivity contribution is 6.46. The van der Waals surface area contributed by atoms with E-state index in [2.05, 4.69) is 15.2 Å². The van der Waals surface area contributed by atoms with E-state index >= 15 is 0 Å². The molecular formula is C20H28BN3O4. The standard InChI is InChI=1S/C20H28BN3O4/c25-12-16-3-1-2-15-11-18(21(27)28-20(15)16)23-19(26)10-14-4-6-17(7-5-14)24-9-8-22-13-24/h1-3,13-14,17-18,25,27H,4-12H2,(H,23,26)/t14?,17?,18-/m0/s1. The first-order valence-electron chi connectivity index (χ1n) is 10.3. The molecule has 3 N–H and O–H groups in total. The molecule has 0 unspecified atom stereocenters. The van der Waals surface area contributed by atoms with Crippen LogP contribution in [0.5, 0.6) is 5.75 Å². The molecule has 1 aliphatic carbocycles. The number of hydrogen-bond donors (Lipinski definition) is 3. The normalized spacial score (nSPS) is 26.7. The van der Waals surface area contributed by atoms with Crippen molar-refractivity contribution in [3.8, 4) is 5.75 Å². The Morgan fingerprint density at radius 2 is 2.14 bits per heavy atom. The summed E-state index contributed by atoms with van der Waals surface area (Å²) in [6.07, 6.45) is 7.28. The number of aliphatic hydroxyl groups excluding tert-OH is 1. The molecule has 3 aliphatic rings. The largest absolute Gasteiger partial charge is 0.547 e. The van der Waals surface area contributed by atoms with Crippen LogP contribution in [-0.2, 0) is 17.8 Å². The highest BCUT2D eigenvalue weighted by atomic mass is 16.5. The van der Waals surface area contributed by atoms with Crippen molar-refractivity contribution in [2.24, 2.45) is 10.9 Å². The predicted octanol–water partition coefficient (Wildman–Crippen LogP) is 0.911. The first-order chi connectivity index (χ1) is 13.6. The number of para-hydroxylation sites is 1. The van der Waals surface area contributed by atoms with E-state index < -0.39 is 13.1 Å². The van der Waals surface area contributed by atoms with Gasteiger partial charge in [0.05, 0.1) is 25.4 Å². The molecule has 150 valence electrons. The van der Waals surface area contributed by atoms with Crippen molar-refractivity contribution in [2.75, 3.05) is 13.1 Å². The minimum absolute atomic E-state index is 0.0272. The molecule has 0 spiro atoms. The fraction of sp³-hybridized carbons (Fsp3) is 0.600. The number of rotatable bonds is 5. The second-order valence-corrected chi connectivity index (χ2v) is 8.09. The van der Waals surface area contributed by atoms with Gasteiger partial charge in [0.2, 0.25) is 5.91 Å². The smallest absolute Gasteiger partial charge is 0.534 e. The van der Waals surface area contributed by atoms with Crippen molar-refractivity contribution >= 4 is 19.4 Å². The Balaban J connectivity index is 1.28. The van der Waals surface area contributed by atoms with E-state index in [1.165, 1.54) is 0 Å². The number of nitrogens with one attached hydrogen (secondary N) is 1. The third-order valence-electron chi connectivity index (χ3n) is 6.19. The van der Waals surface area contributed by atoms with Crippen molar-refractivity contribution in [1.29, 1.82) is 0 Å². The molecule has 1 aromatic rings. The monoisotopic (exact) mass is 385 g/mol. The van der Waals surface area contributed by atoms with Gasteiger partial charge in [0.15, 0.2) is 0 Å². The molecule has 28 heavy (non-hydrogen) atoms. The Morgan fingerprint density at radius 3 is 2.86 bits per heavy atom. The van der Waals surface area contributed by atoms with Gasteiger partial charge in [-0.3, -0.25) is 9.79 Å². The van der Waals surface area contributed by atoms with Crippen LogP contribution >= 0.6 is 0 Å². The predicted molar refractivity (Wildman–Crippen MR) is 107 cm³/mol. The van der Waals surface area contributed by atoms with Crippen LogP contribution in [0.25, 0.3) is 0 Å². The first kappa shape index (κ1) is 19.3. The van der Waals surface area contributed by atoms with Crippen molar-refractivity contribution < 1.29 is 19.6 Å². The summed E-state index contributed by atoms with van der Waals surface area (Å²) in [4.78, 5) is 19.2. The highest BCUT2D eigenvalue weighted by Gasteiger charge is 2.37. The van der Waals surface area contributed by atoms with Gasteiger partial charge in [-0.2, -0.15) is 0 Å². The van der Waals surface area contributed by atoms with Crippen LogP contribution in [0.2, 0.25) is 0 Å². The van der Waals surface area contributed by atoms with Crippen molar-refractivity contribution in [3.63, 3.8) is 0 Å². The van der Waals surface area contributed by atoms with Crippen LogP contribution in [0.3, 0.4) is 0 Å². The minimum atomic E-state index is -1.10. The molecule has 0 radical (unpaired) electrons. The summed E-state index contributed by atoms with van der Waals surface area (Å²) in [6.45, 7) is 1.78. The Kier molecular flexibility index (Phi) is 5.87. The average Bonchev–Trinajstić information content (AvgIpc) is 3.23. The molecule has 4 rings (SSSR count). The van der Waals surface area contributed by atoms with Gasteiger partial charge in [-0.25, -0.2) is 0 Å². The molecule has 2 aliphatic heterocycles. The molecule has 0 saturated heterocycles. The van der Waals surface area contributed by atoms with Crippen molar-refractivity contribution in [1.82, 2.24) is 10.2 Å². The van der Waals surface area contributed by atoms with Gasteiger partial charge >= 0.3 is 7.12 Å². The zero-order valence-electron chi connectivity index (χ0n) is 16.1. The zero-order valence-corrected chi connectivity index (χ0v) is 16.1. The number of aliphatic hydroxyl groups is 1. The second kappa shape index (κ2) is 8.53. The van der Waals surface area contributed by atoms with E-state index in [-0.39, 0.29) is 12.5 Å². The van der Waals surface area contributed by atoms with Crippen LogP contribution in [0.15, 0.2) is 23.2 Å². The van der Waals surface area contributed by atoms with E-state index in [4.69, 9.17) is 4.65 Å². The molecule has 1 amide bonds. The molecule has 2 heterocycles. The van der Waals surface area contributed by atoms with Crippen LogP contribution in [0, 0.1) is 5.92 Å². The lowest BCUT2D eigenvalue weighted by Gasteiger charge is -2.34. The minimum Gasteiger partial charge on any atom is -0.534 e. The van der Waals surface area contributed by atoms with E-state index in [0.717, 1.165) is 44.3 Å². The zero-order chi connectivity index (χ0) is 19.5. The summed E-state index contributed by atoms with van der Waals surface area (Å²) in [5.74, 6) is 0.434. The van der Waals surface area contributed by atoms with Gasteiger partial charge in [0.1, 0.15) is 5.75 Å². The Hall–Kier alpha value is -2.06. The van der Waals surface area contributed by atoms with Gasteiger partial charge in [-0.15, -0.1) is 0 Å². The maximum Gasteiger partial charge on any atom is 0.547 e. The summed E-state index contributed by atoms with van der Waals surface area (Å²) < 4.78 is 5.59. The van der Waals surface area contributed by atoms with E-state index in [1.807, 2.05) is 18.5 Å². The van der Waals surface area contributed by atoms with Crippen molar-refractivity contribution in [3.05, 3.63) is 29.3 Å². The topological polar surface area (TPSA) is 94.4 Å². The molecule has 0 bridgehead atoms. The Labute approximate surface area is 165 Å². The Bertz CT molecular complexity index is 736. The van der Waals surface area contributed by atoms with Crippen LogP contribution in [0.1, 0.15) is 43.2 Å². The lowest BCUT2D eigenvalue weighted by molar-refractivity contribution is -0.122. The van der Waals surface area contributed by atoms with Gasteiger partial charge in [0.25, 0.3) is 0 Å². The maximum absolute atomic E-state index is 12.5. The summed E-state index contributed by atoms with van der Waals surface area (Å²) in [5.41, 5.74) is 1.55. The maximum atomic E-state index is 12.5. The van der Waals surface area contributed by atoms with Crippen molar-refractivity contribution in [2.45, 2.75) is 57.1 Å². The SMILES string of the molecule is O=C(CC1CCC(N2C=NCC2)CC1)N[C@H]1Cc2cccc(CO)c2OB1O. The number of fused-ring (bicyclic) bond motifs is 1. The number of aliphatic imine (C=N–C) groups is 1. The number of nitrogens with zero attached hydrogens (tertiary/aromatic N) is 2. The van der Waals surface area contributed by atoms with E-state index in [9.17, 15) is 14.9 Å². The number of carbonyl (C=O) groups is 1. The lowest BCUT2D eigenvalue weighted by atomic mass is 9.72. The summed E-state index contributed by atoms with van der Waals surface area (Å²) in [7, 11) is -1.10. The molecule has 7 nitrogen and oxygen atoms in total. The molecule has 1 aromatic carbocycles. The van der Waals surface area contributed by atoms with Crippen LogP contribution in [-0.4, -0.2) is 59.5 Å². The number of hydrogen-bond acceptors (Lipinski definition) is 6. The number of amides is 1. The average molecular weight is 385 g/mol. The van der Waals surface area contributed by atoms with E-state index in [1.54, 1.807) is 6.07 Å². The third kappa shape index (κ3) is 4.18. The summed E-state index contributed by atoms with van der Waals surface area (Å²) in [5, 5.41) is 22.7. The molecular weight excluding hydrogens is 357 g/mol. The molecule has 8 heteroatoms. The first-order valence-corrected chi connectivity index (χ1v) is 10.3. The van der Waals surface area contributed by atoms with Crippen LogP contribution in [0.4, 0.5) is 0 Å². The quantitative estimate of drug-likeness (QED) is 0.656. The highest BCUT2D eigenvalue weighted by Crippen LogP contribution is 2.31. The Morgan fingerprint density at radius 1 is 1.32 bits per heavy atom. The number of carbonyl (C=O) groups excluding carboxylic acids is 1. The molecule has 1 saturated carbocycles. The fourth-order valence-corrected chi connectivity index (χ4v) is 4.62. The second-order valence-electron chi connectivity index (χ2n) is 8.09. The van der Waals surface area contributed by atoms with Gasteiger partial charge in [-0.05, 0) is 43.6 Å². The molecule has 1 fully saturated rings. The third-order valence-corrected chi connectivity index (χ3v) is 6.19. The van der Waals surface area contributed by atoms with Gasteiger partial charge in [0, 0.05) is 24.6 Å².